The van der Waals surface area contributed by atoms with Gasteiger partial charge in [0.2, 0.25) is 5.90 Å². The number of ether oxygens (including phenoxy) is 1. The van der Waals surface area contributed by atoms with Crippen LogP contribution < -0.4 is 0 Å². The van der Waals surface area contributed by atoms with E-state index in [1.165, 1.54) is 0 Å². The predicted molar refractivity (Wildman–Crippen MR) is 91.9 cm³/mol. The normalized spacial score (nSPS) is 12.2. The molecule has 0 spiro atoms. The lowest BCUT2D eigenvalue weighted by atomic mass is 10.2. The van der Waals surface area contributed by atoms with Crippen molar-refractivity contribution < 1.29 is 24.6 Å². The highest BCUT2D eigenvalue weighted by Crippen LogP contribution is 2.38. The Kier molecular flexibility index (Phi) is 5.94. The molecule has 0 amide bonds. The molecule has 12 heteroatoms. The second-order valence-corrected chi connectivity index (χ2v) is 5.01. The van der Waals surface area contributed by atoms with Crippen LogP contribution in [0.25, 0.3) is 0 Å². The second-order valence-electron chi connectivity index (χ2n) is 5.01. The van der Waals surface area contributed by atoms with Gasteiger partial charge < -0.3 is 9.84 Å². The lowest BCUT2D eigenvalue weighted by Crippen LogP contribution is -1.99. The van der Waals surface area contributed by atoms with Crippen molar-refractivity contribution in [2.45, 2.75) is 0 Å². The summed E-state index contributed by atoms with van der Waals surface area (Å²) in [5, 5.41) is 40.2. The molecule has 27 heavy (non-hydrogen) atoms. The number of aromatic hydroxyl groups is 1. The summed E-state index contributed by atoms with van der Waals surface area (Å²) in [5.41, 5.74) is -1.93. The van der Waals surface area contributed by atoms with E-state index in [0.717, 1.165) is 24.6 Å². The summed E-state index contributed by atoms with van der Waals surface area (Å²) in [6, 6.07) is 10.9. The second kappa shape index (κ2) is 8.33. The monoisotopic (exact) mass is 376 g/mol. The first-order chi connectivity index (χ1) is 12.8. The van der Waals surface area contributed by atoms with Gasteiger partial charge in [0.25, 0.3) is 11.4 Å². The number of nitro benzene ring substituents is 3. The molecule has 140 valence electrons. The van der Waals surface area contributed by atoms with E-state index in [0.29, 0.717) is 12.1 Å². The van der Waals surface area contributed by atoms with Crippen molar-refractivity contribution in [1.29, 1.82) is 0 Å². The summed E-state index contributed by atoms with van der Waals surface area (Å²) >= 11 is 0. The van der Waals surface area contributed by atoms with Crippen LogP contribution in [0.4, 0.5) is 17.1 Å². The fourth-order valence-electron chi connectivity index (χ4n) is 2.06. The summed E-state index contributed by atoms with van der Waals surface area (Å²) in [7, 11) is 0. The minimum absolute atomic E-state index is 0.447. The van der Waals surface area contributed by atoms with Gasteiger partial charge in [-0.3, -0.25) is 30.3 Å². The molecule has 3 rings (SSSR count). The number of phenolic OH excluding ortho intramolecular Hbond substituents is 1. The van der Waals surface area contributed by atoms with E-state index in [1.807, 2.05) is 30.3 Å². The van der Waals surface area contributed by atoms with Crippen molar-refractivity contribution in [2.75, 3.05) is 13.2 Å². The fraction of sp³-hybridized carbons (Fsp3) is 0.133. The van der Waals surface area contributed by atoms with Gasteiger partial charge in [-0.1, -0.05) is 18.2 Å². The third kappa shape index (κ3) is 4.72. The number of nitrogens with zero attached hydrogens (tertiary/aromatic N) is 4. The average Bonchev–Trinajstić information content (AvgIpc) is 3.17. The van der Waals surface area contributed by atoms with E-state index in [-0.39, 0.29) is 0 Å². The lowest BCUT2D eigenvalue weighted by Gasteiger charge is -1.98. The molecule has 0 aliphatic carbocycles. The van der Waals surface area contributed by atoms with Gasteiger partial charge in [-0.15, -0.1) is 0 Å². The minimum Gasteiger partial charge on any atom is -0.497 e. The van der Waals surface area contributed by atoms with Crippen molar-refractivity contribution in [3.63, 3.8) is 0 Å². The number of phenols is 1. The average molecular weight is 376 g/mol. The molecule has 0 radical (unpaired) electrons. The van der Waals surface area contributed by atoms with Gasteiger partial charge in [-0.25, -0.2) is 4.99 Å². The SMILES string of the molecule is O=[N+]([O-])c1cc([N+](=O)[O-])c(O)c([N+](=O)[O-])c1.c1ccc(C2=NCCO2)cc1. The highest BCUT2D eigenvalue weighted by Gasteiger charge is 2.30. The Hall–Kier alpha value is -4.09. The Balaban J connectivity index is 0.000000206. The molecule has 0 fully saturated rings. The number of hydrogen-bond donors (Lipinski definition) is 1. The van der Waals surface area contributed by atoms with E-state index in [2.05, 4.69) is 4.99 Å². The predicted octanol–water partition coefficient (Wildman–Crippen LogP) is 2.58. The number of benzene rings is 2. The standard InChI is InChI=1S/C9H9NO.C6H3N3O7/c1-2-4-8(5-3-1)9-10-6-7-11-9;10-6-4(8(13)14)1-3(7(11)12)2-5(6)9(15)16/h1-5H,6-7H2;1-2,10H. The number of aliphatic imine (C=N–C) groups is 1. The smallest absolute Gasteiger partial charge is 0.324 e. The van der Waals surface area contributed by atoms with Gasteiger partial charge in [-0.05, 0) is 12.1 Å². The number of nitro groups is 3. The Morgan fingerprint density at radius 2 is 1.48 bits per heavy atom. The Morgan fingerprint density at radius 1 is 0.926 bits per heavy atom. The van der Waals surface area contributed by atoms with Crippen molar-refractivity contribution in [3.8, 4) is 5.75 Å². The van der Waals surface area contributed by atoms with Gasteiger partial charge in [0.05, 0.1) is 33.4 Å². The minimum atomic E-state index is -1.21. The van der Waals surface area contributed by atoms with Gasteiger partial charge in [0, 0.05) is 5.56 Å². The molecule has 0 saturated carbocycles. The van der Waals surface area contributed by atoms with Crippen LogP contribution in [-0.2, 0) is 4.74 Å². The van der Waals surface area contributed by atoms with Crippen LogP contribution in [0.1, 0.15) is 5.56 Å². The zero-order chi connectivity index (χ0) is 20.0. The maximum absolute atomic E-state index is 10.4. The number of non-ortho nitro benzene ring substituents is 1. The summed E-state index contributed by atoms with van der Waals surface area (Å²) < 4.78 is 5.29. The van der Waals surface area contributed by atoms with E-state index >= 15 is 0 Å². The fourth-order valence-corrected chi connectivity index (χ4v) is 2.06. The van der Waals surface area contributed by atoms with Crippen molar-refractivity contribution >= 4 is 23.0 Å². The van der Waals surface area contributed by atoms with E-state index in [1.54, 1.807) is 0 Å². The first-order valence-electron chi connectivity index (χ1n) is 7.34. The number of rotatable bonds is 4. The van der Waals surface area contributed by atoms with Crippen LogP contribution in [0, 0.1) is 30.3 Å². The van der Waals surface area contributed by atoms with Crippen LogP contribution in [0.15, 0.2) is 47.5 Å². The zero-order valence-corrected chi connectivity index (χ0v) is 13.5. The molecule has 12 nitrogen and oxygen atoms in total. The first kappa shape index (κ1) is 19.2. The molecule has 2 aromatic carbocycles. The third-order valence-corrected chi connectivity index (χ3v) is 3.26. The molecule has 0 bridgehead atoms. The molecule has 0 saturated heterocycles. The summed E-state index contributed by atoms with van der Waals surface area (Å²) in [5.74, 6) is -0.425. The van der Waals surface area contributed by atoms with Crippen molar-refractivity contribution in [2.24, 2.45) is 4.99 Å². The molecular formula is C15H12N4O8. The molecular weight excluding hydrogens is 364 g/mol. The maximum atomic E-state index is 10.4. The Bertz CT molecular complexity index is 878. The van der Waals surface area contributed by atoms with Crippen LogP contribution >= 0.6 is 0 Å². The molecule has 1 aliphatic heterocycles. The van der Waals surface area contributed by atoms with Crippen LogP contribution in [0.5, 0.6) is 5.75 Å². The third-order valence-electron chi connectivity index (χ3n) is 3.26. The number of hydrogen-bond acceptors (Lipinski definition) is 9. The molecule has 1 aliphatic rings. The van der Waals surface area contributed by atoms with E-state index in [4.69, 9.17) is 9.84 Å². The van der Waals surface area contributed by atoms with Crippen LogP contribution in [0.3, 0.4) is 0 Å². The summed E-state index contributed by atoms with van der Waals surface area (Å²) in [6.45, 7) is 1.52. The molecule has 0 unspecified atom stereocenters. The summed E-state index contributed by atoms with van der Waals surface area (Å²) in [4.78, 5) is 32.0. The van der Waals surface area contributed by atoms with Crippen molar-refractivity contribution in [3.05, 3.63) is 78.4 Å². The molecule has 1 N–H and O–H groups in total. The Morgan fingerprint density at radius 3 is 1.89 bits per heavy atom. The van der Waals surface area contributed by atoms with E-state index < -0.39 is 37.6 Å². The lowest BCUT2D eigenvalue weighted by molar-refractivity contribution is -0.404. The van der Waals surface area contributed by atoms with Gasteiger partial charge >= 0.3 is 11.4 Å². The van der Waals surface area contributed by atoms with E-state index in [9.17, 15) is 30.3 Å². The quantitative estimate of drug-likeness (QED) is 0.626. The molecule has 1 heterocycles. The van der Waals surface area contributed by atoms with Gasteiger partial charge in [-0.2, -0.15) is 0 Å². The molecule has 0 aromatic heterocycles. The maximum Gasteiger partial charge on any atom is 0.324 e. The van der Waals surface area contributed by atoms with Crippen LogP contribution in [0.2, 0.25) is 0 Å². The molecule has 2 aromatic rings. The van der Waals surface area contributed by atoms with Gasteiger partial charge in [0.1, 0.15) is 6.61 Å². The summed E-state index contributed by atoms with van der Waals surface area (Å²) in [6.07, 6.45) is 0. The molecule has 0 atom stereocenters. The Labute approximate surface area is 150 Å². The highest BCUT2D eigenvalue weighted by atomic mass is 16.6. The van der Waals surface area contributed by atoms with Gasteiger partial charge in [0.15, 0.2) is 0 Å². The van der Waals surface area contributed by atoms with Crippen molar-refractivity contribution in [1.82, 2.24) is 0 Å². The topological polar surface area (TPSA) is 171 Å². The highest BCUT2D eigenvalue weighted by molar-refractivity contribution is 5.94. The first-order valence-corrected chi connectivity index (χ1v) is 7.34. The zero-order valence-electron chi connectivity index (χ0n) is 13.5. The van der Waals surface area contributed by atoms with Crippen LogP contribution in [-0.4, -0.2) is 38.9 Å². The largest absolute Gasteiger partial charge is 0.497 e.